The molecule has 1 aliphatic heterocycles. The monoisotopic (exact) mass is 275 g/mol. The van der Waals surface area contributed by atoms with Crippen LogP contribution >= 0.6 is 0 Å². The highest BCUT2D eigenvalue weighted by molar-refractivity contribution is 5.97. The molecular formula is C14H17N3O3. The van der Waals surface area contributed by atoms with E-state index in [0.717, 1.165) is 32.7 Å². The quantitative estimate of drug-likeness (QED) is 0.849. The predicted molar refractivity (Wildman–Crippen MR) is 72.3 cm³/mol. The van der Waals surface area contributed by atoms with Gasteiger partial charge in [-0.25, -0.2) is 4.63 Å². The van der Waals surface area contributed by atoms with E-state index in [1.165, 1.54) is 0 Å². The minimum Gasteiger partial charge on any atom is -0.381 e. The van der Waals surface area contributed by atoms with E-state index in [0.29, 0.717) is 22.5 Å². The van der Waals surface area contributed by atoms with Crippen molar-refractivity contribution in [3.63, 3.8) is 0 Å². The predicted octanol–water partition coefficient (Wildman–Crippen LogP) is 1.72. The zero-order chi connectivity index (χ0) is 13.9. The van der Waals surface area contributed by atoms with E-state index >= 15 is 0 Å². The van der Waals surface area contributed by atoms with Crippen LogP contribution in [0, 0.1) is 5.92 Å². The molecule has 1 aliphatic rings. The van der Waals surface area contributed by atoms with Crippen LogP contribution in [0.1, 0.15) is 23.7 Å². The fourth-order valence-corrected chi connectivity index (χ4v) is 2.54. The molecule has 1 aromatic heterocycles. The van der Waals surface area contributed by atoms with Crippen LogP contribution < -0.4 is 0 Å². The molecule has 106 valence electrons. The number of likely N-dealkylation sites (tertiary alicyclic amines) is 1. The highest BCUT2D eigenvalue weighted by atomic mass is 16.6. The van der Waals surface area contributed by atoms with Gasteiger partial charge in [0.1, 0.15) is 11.0 Å². The van der Waals surface area contributed by atoms with Crippen LogP contribution in [0.4, 0.5) is 0 Å². The summed E-state index contributed by atoms with van der Waals surface area (Å²) >= 11 is 0. The third-order valence-electron chi connectivity index (χ3n) is 3.63. The number of hydrogen-bond acceptors (Lipinski definition) is 5. The largest absolute Gasteiger partial charge is 0.381 e. The number of benzene rings is 1. The molecule has 0 saturated carbocycles. The Labute approximate surface area is 116 Å². The number of hydrogen-bond donors (Lipinski definition) is 0. The first-order valence-electron chi connectivity index (χ1n) is 6.87. The molecule has 6 nitrogen and oxygen atoms in total. The molecule has 0 aliphatic carbocycles. The first-order valence-corrected chi connectivity index (χ1v) is 6.87. The van der Waals surface area contributed by atoms with Gasteiger partial charge in [0.05, 0.1) is 6.61 Å². The normalized spacial score (nSPS) is 18.9. The molecule has 0 unspecified atom stereocenters. The Morgan fingerprint density at radius 1 is 1.45 bits per heavy atom. The van der Waals surface area contributed by atoms with Crippen molar-refractivity contribution in [2.45, 2.75) is 13.3 Å². The van der Waals surface area contributed by atoms with E-state index in [-0.39, 0.29) is 5.91 Å². The molecule has 0 spiro atoms. The van der Waals surface area contributed by atoms with E-state index < -0.39 is 0 Å². The first kappa shape index (κ1) is 13.1. The lowest BCUT2D eigenvalue weighted by atomic mass is 10.1. The van der Waals surface area contributed by atoms with Crippen LogP contribution in [0.5, 0.6) is 0 Å². The molecule has 6 heteroatoms. The molecular weight excluding hydrogens is 258 g/mol. The summed E-state index contributed by atoms with van der Waals surface area (Å²) in [5.74, 6) is 0.477. The maximum atomic E-state index is 12.4. The van der Waals surface area contributed by atoms with E-state index in [1.807, 2.05) is 11.8 Å². The summed E-state index contributed by atoms with van der Waals surface area (Å²) in [5, 5.41) is 7.50. The van der Waals surface area contributed by atoms with Crippen molar-refractivity contribution in [3.05, 3.63) is 23.8 Å². The van der Waals surface area contributed by atoms with Crippen molar-refractivity contribution in [3.8, 4) is 0 Å². The van der Waals surface area contributed by atoms with Gasteiger partial charge < -0.3 is 9.64 Å². The first-order chi connectivity index (χ1) is 9.78. The van der Waals surface area contributed by atoms with E-state index in [2.05, 4.69) is 14.9 Å². The van der Waals surface area contributed by atoms with Crippen LogP contribution in [0.3, 0.4) is 0 Å². The van der Waals surface area contributed by atoms with Crippen LogP contribution in [-0.4, -0.2) is 47.4 Å². The lowest BCUT2D eigenvalue weighted by molar-refractivity contribution is 0.0763. The second kappa shape index (κ2) is 5.58. The van der Waals surface area contributed by atoms with E-state index in [9.17, 15) is 4.79 Å². The minimum absolute atomic E-state index is 0.0360. The number of rotatable bonds is 4. The van der Waals surface area contributed by atoms with Crippen LogP contribution in [0.15, 0.2) is 22.8 Å². The molecule has 3 rings (SSSR count). The Morgan fingerprint density at radius 2 is 2.30 bits per heavy atom. The Kier molecular flexibility index (Phi) is 3.64. The number of aromatic nitrogens is 2. The number of fused-ring (bicyclic) bond motifs is 1. The summed E-state index contributed by atoms with van der Waals surface area (Å²) in [5.41, 5.74) is 1.91. The average Bonchev–Trinajstić information content (AvgIpc) is 3.12. The second-order valence-corrected chi connectivity index (χ2v) is 5.03. The van der Waals surface area contributed by atoms with Gasteiger partial charge in [-0.15, -0.1) is 0 Å². The number of carbonyl (C=O) groups excluding carboxylic acids is 1. The summed E-state index contributed by atoms with van der Waals surface area (Å²) in [4.78, 5) is 14.3. The molecule has 1 fully saturated rings. The Balaban J connectivity index is 1.69. The molecule has 0 bridgehead atoms. The Bertz CT molecular complexity index is 610. The van der Waals surface area contributed by atoms with Crippen LogP contribution in [-0.2, 0) is 4.74 Å². The summed E-state index contributed by atoms with van der Waals surface area (Å²) in [6.45, 7) is 4.98. The van der Waals surface area contributed by atoms with Gasteiger partial charge in [-0.1, -0.05) is 0 Å². The zero-order valence-electron chi connectivity index (χ0n) is 11.4. The fraction of sp³-hybridized carbons (Fsp3) is 0.500. The van der Waals surface area contributed by atoms with Gasteiger partial charge >= 0.3 is 0 Å². The highest BCUT2D eigenvalue weighted by Gasteiger charge is 2.27. The van der Waals surface area contributed by atoms with Gasteiger partial charge in [0.2, 0.25) is 0 Å². The van der Waals surface area contributed by atoms with Crippen molar-refractivity contribution >= 4 is 16.9 Å². The van der Waals surface area contributed by atoms with Crippen molar-refractivity contribution in [2.75, 3.05) is 26.3 Å². The smallest absolute Gasteiger partial charge is 0.253 e. The van der Waals surface area contributed by atoms with Crippen molar-refractivity contribution in [1.82, 2.24) is 15.2 Å². The summed E-state index contributed by atoms with van der Waals surface area (Å²) in [6, 6.07) is 5.25. The lowest BCUT2D eigenvalue weighted by Crippen LogP contribution is -2.29. The summed E-state index contributed by atoms with van der Waals surface area (Å²) < 4.78 is 10.1. The third-order valence-corrected chi connectivity index (χ3v) is 3.63. The molecule has 1 amide bonds. The van der Waals surface area contributed by atoms with Crippen LogP contribution in [0.25, 0.3) is 11.0 Å². The minimum atomic E-state index is 0.0360. The molecule has 1 atom stereocenters. The maximum Gasteiger partial charge on any atom is 0.253 e. The topological polar surface area (TPSA) is 68.5 Å². The highest BCUT2D eigenvalue weighted by Crippen LogP contribution is 2.20. The Hall–Kier alpha value is -1.95. The van der Waals surface area contributed by atoms with Crippen molar-refractivity contribution in [1.29, 1.82) is 0 Å². The number of amides is 1. The molecule has 2 heterocycles. The molecule has 0 radical (unpaired) electrons. The van der Waals surface area contributed by atoms with Gasteiger partial charge in [0.25, 0.3) is 5.91 Å². The molecule has 20 heavy (non-hydrogen) atoms. The molecule has 1 aromatic carbocycles. The van der Waals surface area contributed by atoms with Gasteiger partial charge in [0, 0.05) is 31.2 Å². The van der Waals surface area contributed by atoms with Gasteiger partial charge in [-0.3, -0.25) is 4.79 Å². The summed E-state index contributed by atoms with van der Waals surface area (Å²) in [6.07, 6.45) is 1.000. The number of nitrogens with zero attached hydrogens (tertiary/aromatic N) is 3. The maximum absolute atomic E-state index is 12.4. The van der Waals surface area contributed by atoms with Gasteiger partial charge in [-0.05, 0) is 41.9 Å². The number of ether oxygens (including phenoxy) is 1. The van der Waals surface area contributed by atoms with Gasteiger partial charge in [0.15, 0.2) is 0 Å². The van der Waals surface area contributed by atoms with Crippen molar-refractivity contribution in [2.24, 2.45) is 5.92 Å². The molecule has 0 N–H and O–H groups in total. The second-order valence-electron chi connectivity index (χ2n) is 5.03. The summed E-state index contributed by atoms with van der Waals surface area (Å²) in [7, 11) is 0. The number of carbonyl (C=O) groups is 1. The van der Waals surface area contributed by atoms with Crippen LogP contribution in [0.2, 0.25) is 0 Å². The fourth-order valence-electron chi connectivity index (χ4n) is 2.54. The Morgan fingerprint density at radius 3 is 3.15 bits per heavy atom. The SMILES string of the molecule is CCOC[C@H]1CCN(C(=O)c2ccc3nonc3c2)C1. The lowest BCUT2D eigenvalue weighted by Gasteiger charge is -2.16. The third kappa shape index (κ3) is 2.51. The van der Waals surface area contributed by atoms with E-state index in [1.54, 1.807) is 18.2 Å². The standard InChI is InChI=1S/C14H17N3O3/c1-2-19-9-10-5-6-17(8-10)14(18)11-3-4-12-13(7-11)16-20-15-12/h3-4,7,10H,2,5-6,8-9H2,1H3/t10-/m0/s1. The average molecular weight is 275 g/mol. The van der Waals surface area contributed by atoms with E-state index in [4.69, 9.17) is 4.74 Å². The zero-order valence-corrected chi connectivity index (χ0v) is 11.4. The molecule has 1 saturated heterocycles. The van der Waals surface area contributed by atoms with Crippen molar-refractivity contribution < 1.29 is 14.2 Å². The van der Waals surface area contributed by atoms with Gasteiger partial charge in [-0.2, -0.15) is 0 Å². The molecule has 2 aromatic rings.